The van der Waals surface area contributed by atoms with Crippen LogP contribution in [0.15, 0.2) is 30.3 Å². The number of esters is 1. The summed E-state index contributed by atoms with van der Waals surface area (Å²) in [6.07, 6.45) is 4.08. The third-order valence-corrected chi connectivity index (χ3v) is 6.46. The predicted molar refractivity (Wildman–Crippen MR) is 108 cm³/mol. The van der Waals surface area contributed by atoms with Crippen LogP contribution >= 0.6 is 23.1 Å². The van der Waals surface area contributed by atoms with Crippen LogP contribution in [0.25, 0.3) is 0 Å². The molecule has 3 rings (SSSR count). The Morgan fingerprint density at radius 1 is 1.19 bits per heavy atom. The molecule has 1 aliphatic rings. The molecule has 2 aromatic rings. The molecule has 0 aliphatic heterocycles. The number of benzene rings is 1. The second-order valence-electron chi connectivity index (χ2n) is 6.16. The summed E-state index contributed by atoms with van der Waals surface area (Å²) in [6, 6.07) is 10.1. The van der Waals surface area contributed by atoms with E-state index in [9.17, 15) is 9.59 Å². The molecule has 0 saturated carbocycles. The highest BCUT2D eigenvalue weighted by molar-refractivity contribution is 7.99. The molecule has 1 N–H and O–H groups in total. The molecule has 0 radical (unpaired) electrons. The number of nitrogens with one attached hydrogen (secondary N) is 1. The van der Waals surface area contributed by atoms with Crippen molar-refractivity contribution >= 4 is 40.0 Å². The van der Waals surface area contributed by atoms with Crippen LogP contribution in [0.5, 0.6) is 0 Å². The first-order chi connectivity index (χ1) is 12.7. The van der Waals surface area contributed by atoms with Gasteiger partial charge < -0.3 is 10.1 Å². The number of hydrogen-bond acceptors (Lipinski definition) is 5. The van der Waals surface area contributed by atoms with Crippen LogP contribution in [0.3, 0.4) is 0 Å². The molecule has 138 valence electrons. The van der Waals surface area contributed by atoms with Gasteiger partial charge in [-0.2, -0.15) is 0 Å². The molecular formula is C20H23NO3S2. The molecule has 0 spiro atoms. The number of aryl methyl sites for hydroxylation is 1. The Morgan fingerprint density at radius 3 is 2.73 bits per heavy atom. The van der Waals surface area contributed by atoms with E-state index in [1.807, 2.05) is 18.2 Å². The summed E-state index contributed by atoms with van der Waals surface area (Å²) in [6.45, 7) is 2.14. The highest BCUT2D eigenvalue weighted by Crippen LogP contribution is 2.38. The topological polar surface area (TPSA) is 55.4 Å². The van der Waals surface area contributed by atoms with Gasteiger partial charge in [0.15, 0.2) is 0 Å². The van der Waals surface area contributed by atoms with Gasteiger partial charge in [0.1, 0.15) is 5.00 Å². The minimum atomic E-state index is -0.320. The van der Waals surface area contributed by atoms with E-state index in [0.29, 0.717) is 22.9 Å². The second kappa shape index (κ2) is 9.24. The normalized spacial score (nSPS) is 13.1. The minimum Gasteiger partial charge on any atom is -0.462 e. The van der Waals surface area contributed by atoms with Crippen LogP contribution < -0.4 is 5.32 Å². The average molecular weight is 390 g/mol. The van der Waals surface area contributed by atoms with Gasteiger partial charge in [-0.15, -0.1) is 23.1 Å². The van der Waals surface area contributed by atoms with Crippen molar-refractivity contribution in [2.24, 2.45) is 0 Å². The summed E-state index contributed by atoms with van der Waals surface area (Å²) in [5.74, 6) is 0.758. The Kier molecular flexibility index (Phi) is 6.74. The maximum Gasteiger partial charge on any atom is 0.341 e. The van der Waals surface area contributed by atoms with Crippen LogP contribution in [-0.4, -0.2) is 24.2 Å². The number of anilines is 1. The fraction of sp³-hybridized carbons (Fsp3) is 0.400. The number of thiophene rings is 1. The Hall–Kier alpha value is -1.79. The number of fused-ring (bicyclic) bond motifs is 1. The van der Waals surface area contributed by atoms with Crippen molar-refractivity contribution in [3.8, 4) is 0 Å². The molecule has 0 bridgehead atoms. The highest BCUT2D eigenvalue weighted by Gasteiger charge is 2.27. The fourth-order valence-corrected chi connectivity index (χ4v) is 5.15. The summed E-state index contributed by atoms with van der Waals surface area (Å²) in [4.78, 5) is 26.0. The van der Waals surface area contributed by atoms with Gasteiger partial charge in [0.05, 0.1) is 17.9 Å². The summed E-state index contributed by atoms with van der Waals surface area (Å²) >= 11 is 3.10. The summed E-state index contributed by atoms with van der Waals surface area (Å²) in [5, 5.41) is 3.60. The standard InChI is InChI=1S/C20H23NO3S2/c1-2-24-20(23)18-15-10-6-7-11-16(15)26-19(18)21-17(22)13-25-12-14-8-4-3-5-9-14/h3-5,8-9H,2,6-7,10-13H2,1H3,(H,21,22). The van der Waals surface area contributed by atoms with Crippen molar-refractivity contribution in [1.82, 2.24) is 0 Å². The van der Waals surface area contributed by atoms with Gasteiger partial charge in [-0.05, 0) is 43.7 Å². The number of amides is 1. The summed E-state index contributed by atoms with van der Waals surface area (Å²) in [7, 11) is 0. The molecule has 26 heavy (non-hydrogen) atoms. The van der Waals surface area contributed by atoms with Crippen LogP contribution in [-0.2, 0) is 28.1 Å². The molecule has 1 aliphatic carbocycles. The van der Waals surface area contributed by atoms with E-state index in [2.05, 4.69) is 17.4 Å². The van der Waals surface area contributed by atoms with Gasteiger partial charge in [-0.3, -0.25) is 4.79 Å². The summed E-state index contributed by atoms with van der Waals surface area (Å²) < 4.78 is 5.22. The van der Waals surface area contributed by atoms with Crippen LogP contribution in [0, 0.1) is 0 Å². The maximum absolute atomic E-state index is 12.4. The van der Waals surface area contributed by atoms with E-state index in [1.54, 1.807) is 18.7 Å². The monoisotopic (exact) mass is 389 g/mol. The smallest absolute Gasteiger partial charge is 0.341 e. The number of carbonyl (C=O) groups excluding carboxylic acids is 2. The van der Waals surface area contributed by atoms with Crippen molar-refractivity contribution in [2.45, 2.75) is 38.4 Å². The van der Waals surface area contributed by atoms with E-state index >= 15 is 0 Å². The van der Waals surface area contributed by atoms with Crippen LogP contribution in [0.4, 0.5) is 5.00 Å². The first kappa shape index (κ1) is 19.0. The predicted octanol–water partition coefficient (Wildman–Crippen LogP) is 4.68. The Labute approximate surface area is 162 Å². The lowest BCUT2D eigenvalue weighted by atomic mass is 9.95. The molecule has 1 aromatic carbocycles. The van der Waals surface area contributed by atoms with E-state index in [1.165, 1.54) is 21.8 Å². The van der Waals surface area contributed by atoms with Gasteiger partial charge in [-0.1, -0.05) is 30.3 Å². The Balaban J connectivity index is 1.65. The zero-order chi connectivity index (χ0) is 18.4. The quantitative estimate of drug-likeness (QED) is 0.699. The van der Waals surface area contributed by atoms with E-state index in [4.69, 9.17) is 4.74 Å². The highest BCUT2D eigenvalue weighted by atomic mass is 32.2. The molecule has 1 heterocycles. The molecular weight excluding hydrogens is 366 g/mol. The lowest BCUT2D eigenvalue weighted by Crippen LogP contribution is -2.17. The third kappa shape index (κ3) is 4.68. The molecule has 0 saturated heterocycles. The largest absolute Gasteiger partial charge is 0.462 e. The van der Waals surface area contributed by atoms with Crippen molar-refractivity contribution in [3.63, 3.8) is 0 Å². The van der Waals surface area contributed by atoms with E-state index in [-0.39, 0.29) is 11.9 Å². The number of carbonyl (C=O) groups is 2. The SMILES string of the molecule is CCOC(=O)c1c(NC(=O)CSCc2ccccc2)sc2c1CCCC2. The first-order valence-electron chi connectivity index (χ1n) is 8.92. The lowest BCUT2D eigenvalue weighted by Gasteiger charge is -2.12. The molecule has 0 unspecified atom stereocenters. The van der Waals surface area contributed by atoms with Gasteiger partial charge >= 0.3 is 5.97 Å². The van der Waals surface area contributed by atoms with E-state index in [0.717, 1.165) is 37.0 Å². The molecule has 1 amide bonds. The maximum atomic E-state index is 12.4. The average Bonchev–Trinajstić information content (AvgIpc) is 3.00. The van der Waals surface area contributed by atoms with Gasteiger partial charge in [-0.25, -0.2) is 4.79 Å². The van der Waals surface area contributed by atoms with Crippen molar-refractivity contribution in [2.75, 3.05) is 17.7 Å². The number of rotatable bonds is 7. The molecule has 6 heteroatoms. The second-order valence-corrected chi connectivity index (χ2v) is 8.25. The molecule has 0 atom stereocenters. The zero-order valence-corrected chi connectivity index (χ0v) is 16.5. The van der Waals surface area contributed by atoms with Crippen molar-refractivity contribution < 1.29 is 14.3 Å². The van der Waals surface area contributed by atoms with Crippen LogP contribution in [0.1, 0.15) is 46.1 Å². The Morgan fingerprint density at radius 2 is 1.96 bits per heavy atom. The molecule has 4 nitrogen and oxygen atoms in total. The Bertz CT molecular complexity index is 771. The molecule has 0 fully saturated rings. The van der Waals surface area contributed by atoms with Crippen molar-refractivity contribution in [3.05, 3.63) is 51.9 Å². The zero-order valence-electron chi connectivity index (χ0n) is 14.9. The number of thioether (sulfide) groups is 1. The third-order valence-electron chi connectivity index (χ3n) is 4.25. The molecule has 1 aromatic heterocycles. The number of hydrogen-bond donors (Lipinski definition) is 1. The van der Waals surface area contributed by atoms with Gasteiger partial charge in [0.25, 0.3) is 0 Å². The summed E-state index contributed by atoms with van der Waals surface area (Å²) in [5.41, 5.74) is 2.85. The van der Waals surface area contributed by atoms with E-state index < -0.39 is 0 Å². The minimum absolute atomic E-state index is 0.0740. The fourth-order valence-electron chi connectivity index (χ4n) is 3.07. The van der Waals surface area contributed by atoms with Crippen LogP contribution in [0.2, 0.25) is 0 Å². The lowest BCUT2D eigenvalue weighted by molar-refractivity contribution is -0.113. The number of ether oxygens (including phenoxy) is 1. The van der Waals surface area contributed by atoms with Gasteiger partial charge in [0.2, 0.25) is 5.91 Å². The first-order valence-corrected chi connectivity index (χ1v) is 10.9. The van der Waals surface area contributed by atoms with Crippen molar-refractivity contribution in [1.29, 1.82) is 0 Å². The van der Waals surface area contributed by atoms with Gasteiger partial charge in [0, 0.05) is 10.6 Å².